The number of carboxylic acids is 1. The lowest BCUT2D eigenvalue weighted by molar-refractivity contribution is -0.333. The summed E-state index contributed by atoms with van der Waals surface area (Å²) in [7, 11) is 1.23. The Morgan fingerprint density at radius 3 is 2.43 bits per heavy atom. The Morgan fingerprint density at radius 1 is 1.43 bits per heavy atom. The molecule has 1 fully saturated rings. The van der Waals surface area contributed by atoms with Gasteiger partial charge in [-0.3, -0.25) is 0 Å². The number of ether oxygens (including phenoxy) is 2. The van der Waals surface area contributed by atoms with Crippen LogP contribution >= 0.6 is 0 Å². The molecule has 14 heavy (non-hydrogen) atoms. The van der Waals surface area contributed by atoms with Crippen LogP contribution in [0.5, 0.6) is 0 Å². The molecule has 2 unspecified atom stereocenters. The molecule has 2 N–H and O–H groups in total. The molecule has 1 aliphatic rings. The molecule has 1 aliphatic heterocycles. The van der Waals surface area contributed by atoms with E-state index in [1.807, 2.05) is 0 Å². The Hall–Kier alpha value is -0.690. The molecule has 0 aliphatic carbocycles. The summed E-state index contributed by atoms with van der Waals surface area (Å²) in [6.07, 6.45) is -5.67. The van der Waals surface area contributed by atoms with Crippen LogP contribution in [0.4, 0.5) is 0 Å². The van der Waals surface area contributed by atoms with Crippen molar-refractivity contribution in [2.45, 2.75) is 37.4 Å². The predicted octanol–water partition coefficient (Wildman–Crippen LogP) is -2.74. The van der Waals surface area contributed by atoms with Crippen molar-refractivity contribution in [2.75, 3.05) is 7.11 Å². The minimum atomic E-state index is -1.46. The van der Waals surface area contributed by atoms with E-state index in [0.29, 0.717) is 0 Å². The Bertz CT molecular complexity index is 218. The zero-order valence-corrected chi connectivity index (χ0v) is 7.91. The van der Waals surface area contributed by atoms with Crippen LogP contribution in [-0.4, -0.2) is 53.8 Å². The van der Waals surface area contributed by atoms with E-state index in [2.05, 4.69) is 0 Å². The van der Waals surface area contributed by atoms with Crippen LogP contribution in [0.25, 0.3) is 0 Å². The van der Waals surface area contributed by atoms with Gasteiger partial charge in [-0.1, -0.05) is 0 Å². The second-order valence-corrected chi connectivity index (χ2v) is 3.26. The molecule has 0 spiro atoms. The first-order valence-electron chi connectivity index (χ1n) is 4.24. The van der Waals surface area contributed by atoms with Gasteiger partial charge in [0.25, 0.3) is 0 Å². The average Bonchev–Trinajstić information content (AvgIpc) is 2.13. The topological polar surface area (TPSA) is 99.1 Å². The molecule has 1 saturated heterocycles. The highest BCUT2D eigenvalue weighted by Crippen LogP contribution is 2.22. The van der Waals surface area contributed by atoms with Gasteiger partial charge in [-0.15, -0.1) is 0 Å². The standard InChI is InChI=1S/C8H14O6/c1-3-4(9)5(10)6(13-2)7(14-3)8(11)12/h3-7,9-10H,1-2H3,(H,11,12)/p-1/t3-,4?,5-,6-,7?/m0/s1. The molecule has 0 saturated carbocycles. The van der Waals surface area contributed by atoms with E-state index < -0.39 is 36.5 Å². The van der Waals surface area contributed by atoms with Crippen molar-refractivity contribution in [2.24, 2.45) is 0 Å². The summed E-state index contributed by atoms with van der Waals surface area (Å²) >= 11 is 0. The van der Waals surface area contributed by atoms with E-state index in [1.54, 1.807) is 0 Å². The minimum absolute atomic E-state index is 0.765. The number of aliphatic hydroxyl groups excluding tert-OH is 2. The Kier molecular flexibility index (Phi) is 3.43. The van der Waals surface area contributed by atoms with Crippen molar-refractivity contribution >= 4 is 5.97 Å². The maximum atomic E-state index is 10.6. The van der Waals surface area contributed by atoms with Crippen molar-refractivity contribution in [3.05, 3.63) is 0 Å². The molecule has 82 valence electrons. The van der Waals surface area contributed by atoms with Crippen LogP contribution in [-0.2, 0) is 14.3 Å². The third-order valence-corrected chi connectivity index (χ3v) is 2.33. The Morgan fingerprint density at radius 2 is 2.00 bits per heavy atom. The Balaban J connectivity index is 2.82. The Labute approximate surface area is 81.1 Å². The molecule has 0 aromatic heterocycles. The summed E-state index contributed by atoms with van der Waals surface area (Å²) in [5, 5.41) is 29.5. The average molecular weight is 205 g/mol. The van der Waals surface area contributed by atoms with Crippen LogP contribution in [0.1, 0.15) is 6.92 Å². The number of aliphatic hydroxyl groups is 2. The lowest BCUT2D eigenvalue weighted by Gasteiger charge is -2.41. The fraction of sp³-hybridized carbons (Fsp3) is 0.875. The van der Waals surface area contributed by atoms with Crippen molar-refractivity contribution in [3.8, 4) is 0 Å². The van der Waals surface area contributed by atoms with Gasteiger partial charge < -0.3 is 29.6 Å². The first-order valence-corrected chi connectivity index (χ1v) is 4.24. The molecule has 1 rings (SSSR count). The number of carboxylic acid groups (broad SMARTS) is 1. The first-order chi connectivity index (χ1) is 6.49. The van der Waals surface area contributed by atoms with Gasteiger partial charge in [-0.05, 0) is 6.92 Å². The van der Waals surface area contributed by atoms with Gasteiger partial charge in [0, 0.05) is 7.11 Å². The van der Waals surface area contributed by atoms with Crippen LogP contribution in [0.3, 0.4) is 0 Å². The van der Waals surface area contributed by atoms with Crippen LogP contribution in [0.15, 0.2) is 0 Å². The van der Waals surface area contributed by atoms with Crippen molar-refractivity contribution in [1.29, 1.82) is 0 Å². The highest BCUT2D eigenvalue weighted by Gasteiger charge is 2.43. The SMILES string of the molecule is CO[C@@H]1C(C(=O)[O-])O[C@@H](C)C(O)[C@@H]1O. The van der Waals surface area contributed by atoms with Crippen LogP contribution < -0.4 is 5.11 Å². The summed E-state index contributed by atoms with van der Waals surface area (Å²) in [5.74, 6) is -1.46. The first kappa shape index (κ1) is 11.4. The van der Waals surface area contributed by atoms with E-state index in [-0.39, 0.29) is 0 Å². The monoisotopic (exact) mass is 205 g/mol. The number of rotatable bonds is 2. The minimum Gasteiger partial charge on any atom is -0.547 e. The molecule has 0 aromatic rings. The highest BCUT2D eigenvalue weighted by atomic mass is 16.6. The third-order valence-electron chi connectivity index (χ3n) is 2.33. The van der Waals surface area contributed by atoms with E-state index in [0.717, 1.165) is 0 Å². The fourth-order valence-electron chi connectivity index (χ4n) is 1.49. The highest BCUT2D eigenvalue weighted by molar-refractivity contribution is 5.71. The lowest BCUT2D eigenvalue weighted by Crippen LogP contribution is -2.62. The van der Waals surface area contributed by atoms with Gasteiger partial charge in [0.1, 0.15) is 24.4 Å². The predicted molar refractivity (Wildman–Crippen MR) is 42.2 cm³/mol. The van der Waals surface area contributed by atoms with Crippen molar-refractivity contribution < 1.29 is 29.6 Å². The second kappa shape index (κ2) is 4.22. The van der Waals surface area contributed by atoms with Crippen LogP contribution in [0, 0.1) is 0 Å². The molecule has 0 amide bonds. The summed E-state index contributed by atoms with van der Waals surface area (Å²) < 4.78 is 9.68. The van der Waals surface area contributed by atoms with E-state index in [1.165, 1.54) is 14.0 Å². The molecular formula is C8H13O6-. The number of carbonyl (C=O) groups excluding carboxylic acids is 1. The maximum absolute atomic E-state index is 10.6. The van der Waals surface area contributed by atoms with Gasteiger partial charge in [0.2, 0.25) is 0 Å². The largest absolute Gasteiger partial charge is 0.547 e. The van der Waals surface area contributed by atoms with E-state index >= 15 is 0 Å². The lowest BCUT2D eigenvalue weighted by atomic mass is 9.95. The van der Waals surface area contributed by atoms with Gasteiger partial charge in [0.15, 0.2) is 0 Å². The van der Waals surface area contributed by atoms with Gasteiger partial charge in [-0.25, -0.2) is 0 Å². The fourth-order valence-corrected chi connectivity index (χ4v) is 1.49. The summed E-state index contributed by atoms with van der Waals surface area (Å²) in [6.45, 7) is 1.47. The second-order valence-electron chi connectivity index (χ2n) is 3.26. The number of hydrogen-bond donors (Lipinski definition) is 2. The molecule has 1 heterocycles. The normalized spacial score (nSPS) is 43.6. The summed E-state index contributed by atoms with van der Waals surface area (Å²) in [5.41, 5.74) is 0. The number of methoxy groups -OCH3 is 1. The quantitative estimate of drug-likeness (QED) is 0.507. The molecule has 0 radical (unpaired) electrons. The zero-order valence-electron chi connectivity index (χ0n) is 7.91. The van der Waals surface area contributed by atoms with E-state index in [4.69, 9.17) is 9.47 Å². The maximum Gasteiger partial charge on any atom is 0.126 e. The van der Waals surface area contributed by atoms with E-state index in [9.17, 15) is 20.1 Å². The van der Waals surface area contributed by atoms with Gasteiger partial charge in [0.05, 0.1) is 12.1 Å². The number of carbonyl (C=O) groups is 1. The zero-order chi connectivity index (χ0) is 10.9. The number of hydrogen-bond acceptors (Lipinski definition) is 6. The molecule has 6 nitrogen and oxygen atoms in total. The van der Waals surface area contributed by atoms with Crippen molar-refractivity contribution in [1.82, 2.24) is 0 Å². The summed E-state index contributed by atoms with van der Waals surface area (Å²) in [4.78, 5) is 10.6. The smallest absolute Gasteiger partial charge is 0.126 e. The molecule has 6 heteroatoms. The molecular weight excluding hydrogens is 192 g/mol. The summed E-state index contributed by atoms with van der Waals surface area (Å²) in [6, 6.07) is 0. The third kappa shape index (κ3) is 1.88. The van der Waals surface area contributed by atoms with Gasteiger partial charge >= 0.3 is 0 Å². The molecule has 5 atom stereocenters. The number of aliphatic carboxylic acids is 1. The molecule has 0 bridgehead atoms. The molecule has 0 aromatic carbocycles. The van der Waals surface area contributed by atoms with Crippen LogP contribution in [0.2, 0.25) is 0 Å². The van der Waals surface area contributed by atoms with Crippen molar-refractivity contribution in [3.63, 3.8) is 0 Å². The van der Waals surface area contributed by atoms with Gasteiger partial charge in [-0.2, -0.15) is 0 Å².